The number of aryl methyl sites for hydroxylation is 1. The van der Waals surface area contributed by atoms with Crippen molar-refractivity contribution >= 4 is 17.8 Å². The Balaban J connectivity index is 1.73. The maximum atomic E-state index is 12.8. The lowest BCUT2D eigenvalue weighted by molar-refractivity contribution is -0.154. The van der Waals surface area contributed by atoms with Crippen LogP contribution in [-0.4, -0.2) is 68.1 Å². The molecule has 3 heterocycles. The highest BCUT2D eigenvalue weighted by Crippen LogP contribution is 2.31. The van der Waals surface area contributed by atoms with Gasteiger partial charge in [0.2, 0.25) is 11.8 Å². The largest absolute Gasteiger partial charge is 0.479 e. The zero-order valence-electron chi connectivity index (χ0n) is 14.6. The summed E-state index contributed by atoms with van der Waals surface area (Å²) >= 11 is 0. The zero-order valence-corrected chi connectivity index (χ0v) is 14.6. The molecule has 0 unspecified atom stereocenters. The van der Waals surface area contributed by atoms with E-state index in [0.29, 0.717) is 38.9 Å². The first-order valence-electron chi connectivity index (χ1n) is 8.66. The standard InChI is InChI=1S/C17H24N4O4/c1-12-10-18-21(11-12)17(16(24)25)5-8-19(9-6-17)15(23)14-4-3-7-20(14)13(2)22/h10-11,14H,3-9H2,1-2H3,(H,24,25)/t14-/m0/s1. The summed E-state index contributed by atoms with van der Waals surface area (Å²) in [6.07, 6.45) is 5.50. The maximum absolute atomic E-state index is 12.8. The number of likely N-dealkylation sites (tertiary alicyclic amines) is 2. The molecule has 25 heavy (non-hydrogen) atoms. The van der Waals surface area contributed by atoms with Gasteiger partial charge in [0.05, 0.1) is 6.20 Å². The van der Waals surface area contributed by atoms with Gasteiger partial charge in [-0.3, -0.25) is 14.3 Å². The predicted octanol–water partition coefficient (Wildman–Crippen LogP) is 0.605. The maximum Gasteiger partial charge on any atom is 0.331 e. The molecule has 3 rings (SSSR count). The van der Waals surface area contributed by atoms with Gasteiger partial charge in [-0.15, -0.1) is 0 Å². The van der Waals surface area contributed by atoms with Crippen LogP contribution in [0.1, 0.15) is 38.2 Å². The van der Waals surface area contributed by atoms with Crippen LogP contribution in [0, 0.1) is 6.92 Å². The highest BCUT2D eigenvalue weighted by molar-refractivity contribution is 5.88. The molecule has 136 valence electrons. The number of carbonyl (C=O) groups is 3. The monoisotopic (exact) mass is 348 g/mol. The molecule has 0 radical (unpaired) electrons. The smallest absolute Gasteiger partial charge is 0.331 e. The molecule has 1 aromatic rings. The third kappa shape index (κ3) is 3.01. The van der Waals surface area contributed by atoms with E-state index in [0.717, 1.165) is 12.0 Å². The van der Waals surface area contributed by atoms with Crippen molar-refractivity contribution in [1.29, 1.82) is 0 Å². The van der Waals surface area contributed by atoms with E-state index in [2.05, 4.69) is 5.10 Å². The predicted molar refractivity (Wildman–Crippen MR) is 88.8 cm³/mol. The first-order chi connectivity index (χ1) is 11.8. The molecule has 2 aliphatic rings. The number of hydrogen-bond donors (Lipinski definition) is 1. The second kappa shape index (κ2) is 6.50. The Morgan fingerprint density at radius 3 is 2.44 bits per heavy atom. The van der Waals surface area contributed by atoms with Crippen LogP contribution in [0.3, 0.4) is 0 Å². The van der Waals surface area contributed by atoms with Crippen molar-refractivity contribution in [2.24, 2.45) is 0 Å². The quantitative estimate of drug-likeness (QED) is 0.863. The van der Waals surface area contributed by atoms with Crippen LogP contribution in [0.4, 0.5) is 0 Å². The van der Waals surface area contributed by atoms with Gasteiger partial charge >= 0.3 is 5.97 Å². The second-order valence-electron chi connectivity index (χ2n) is 6.99. The number of carboxylic acid groups (broad SMARTS) is 1. The Hall–Kier alpha value is -2.38. The molecule has 0 aromatic carbocycles. The minimum absolute atomic E-state index is 0.0664. The van der Waals surface area contributed by atoms with Gasteiger partial charge in [-0.05, 0) is 25.3 Å². The number of piperidine rings is 1. The fraction of sp³-hybridized carbons (Fsp3) is 0.647. The Labute approximate surface area is 146 Å². The van der Waals surface area contributed by atoms with E-state index in [9.17, 15) is 19.5 Å². The van der Waals surface area contributed by atoms with E-state index in [-0.39, 0.29) is 11.8 Å². The molecule has 0 spiro atoms. The summed E-state index contributed by atoms with van der Waals surface area (Å²) < 4.78 is 1.52. The van der Waals surface area contributed by atoms with Crippen LogP contribution < -0.4 is 0 Å². The van der Waals surface area contributed by atoms with Crippen molar-refractivity contribution in [1.82, 2.24) is 19.6 Å². The van der Waals surface area contributed by atoms with Crippen molar-refractivity contribution in [2.75, 3.05) is 19.6 Å². The molecule has 8 nitrogen and oxygen atoms in total. The Morgan fingerprint density at radius 1 is 1.24 bits per heavy atom. The number of nitrogens with zero attached hydrogens (tertiary/aromatic N) is 4. The van der Waals surface area contributed by atoms with Crippen LogP contribution in [0.5, 0.6) is 0 Å². The number of aromatic nitrogens is 2. The van der Waals surface area contributed by atoms with Gasteiger partial charge < -0.3 is 14.9 Å². The van der Waals surface area contributed by atoms with Gasteiger partial charge in [-0.2, -0.15) is 5.10 Å². The minimum Gasteiger partial charge on any atom is -0.479 e. The van der Waals surface area contributed by atoms with Gasteiger partial charge in [0, 0.05) is 45.6 Å². The molecule has 1 N–H and O–H groups in total. The summed E-state index contributed by atoms with van der Waals surface area (Å²) in [7, 11) is 0. The molecule has 1 atom stereocenters. The lowest BCUT2D eigenvalue weighted by atomic mass is 9.87. The Bertz CT molecular complexity index is 691. The van der Waals surface area contributed by atoms with Gasteiger partial charge in [0.1, 0.15) is 6.04 Å². The van der Waals surface area contributed by atoms with Crippen molar-refractivity contribution in [2.45, 2.75) is 51.1 Å². The molecule has 2 saturated heterocycles. The molecule has 2 amide bonds. The van der Waals surface area contributed by atoms with Crippen LogP contribution >= 0.6 is 0 Å². The fourth-order valence-corrected chi connectivity index (χ4v) is 3.90. The lowest BCUT2D eigenvalue weighted by Crippen LogP contribution is -2.55. The second-order valence-corrected chi connectivity index (χ2v) is 6.99. The number of rotatable bonds is 3. The average molecular weight is 348 g/mol. The molecular weight excluding hydrogens is 324 g/mol. The van der Waals surface area contributed by atoms with Gasteiger partial charge in [-0.1, -0.05) is 0 Å². The number of carbonyl (C=O) groups excluding carboxylic acids is 2. The summed E-state index contributed by atoms with van der Waals surface area (Å²) in [6, 6.07) is -0.401. The first-order valence-corrected chi connectivity index (χ1v) is 8.66. The summed E-state index contributed by atoms with van der Waals surface area (Å²) in [5.74, 6) is -1.07. The van der Waals surface area contributed by atoms with Crippen molar-refractivity contribution in [3.63, 3.8) is 0 Å². The average Bonchev–Trinajstić information content (AvgIpc) is 3.23. The van der Waals surface area contributed by atoms with Crippen LogP contribution in [0.15, 0.2) is 12.4 Å². The van der Waals surface area contributed by atoms with E-state index < -0.39 is 17.6 Å². The lowest BCUT2D eigenvalue weighted by Gasteiger charge is -2.40. The third-order valence-electron chi connectivity index (χ3n) is 5.39. The molecule has 0 bridgehead atoms. The van der Waals surface area contributed by atoms with Gasteiger partial charge in [0.15, 0.2) is 5.54 Å². The van der Waals surface area contributed by atoms with E-state index >= 15 is 0 Å². The molecule has 0 saturated carbocycles. The van der Waals surface area contributed by atoms with Crippen molar-refractivity contribution in [3.05, 3.63) is 18.0 Å². The highest BCUT2D eigenvalue weighted by Gasteiger charge is 2.46. The Morgan fingerprint density at radius 2 is 1.92 bits per heavy atom. The summed E-state index contributed by atoms with van der Waals surface area (Å²) in [6.45, 7) is 4.68. The van der Waals surface area contributed by atoms with Crippen molar-refractivity contribution in [3.8, 4) is 0 Å². The SMILES string of the molecule is CC(=O)N1CCC[C@H]1C(=O)N1CCC(C(=O)O)(n2cc(C)cn2)CC1. The molecule has 2 fully saturated rings. The van der Waals surface area contributed by atoms with Crippen LogP contribution in [0.2, 0.25) is 0 Å². The molecule has 8 heteroatoms. The van der Waals surface area contributed by atoms with E-state index in [1.54, 1.807) is 22.2 Å². The first kappa shape index (κ1) is 17.4. The summed E-state index contributed by atoms with van der Waals surface area (Å²) in [5.41, 5.74) is -0.205. The zero-order chi connectivity index (χ0) is 18.2. The number of carboxylic acids is 1. The van der Waals surface area contributed by atoms with Crippen molar-refractivity contribution < 1.29 is 19.5 Å². The molecular formula is C17H24N4O4. The van der Waals surface area contributed by atoms with Gasteiger partial charge in [-0.25, -0.2) is 4.79 Å². The van der Waals surface area contributed by atoms with Crippen LogP contribution in [0.25, 0.3) is 0 Å². The molecule has 2 aliphatic heterocycles. The normalized spacial score (nSPS) is 22.9. The minimum atomic E-state index is -1.11. The molecule has 0 aliphatic carbocycles. The topological polar surface area (TPSA) is 95.7 Å². The number of hydrogen-bond acceptors (Lipinski definition) is 4. The van der Waals surface area contributed by atoms with E-state index in [1.807, 2.05) is 6.92 Å². The van der Waals surface area contributed by atoms with E-state index in [1.165, 1.54) is 11.6 Å². The highest BCUT2D eigenvalue weighted by atomic mass is 16.4. The number of aliphatic carboxylic acids is 1. The number of amides is 2. The molecule has 1 aromatic heterocycles. The van der Waals surface area contributed by atoms with E-state index in [4.69, 9.17) is 0 Å². The fourth-order valence-electron chi connectivity index (χ4n) is 3.90. The summed E-state index contributed by atoms with van der Waals surface area (Å²) in [5, 5.41) is 14.0. The third-order valence-corrected chi connectivity index (χ3v) is 5.39. The summed E-state index contributed by atoms with van der Waals surface area (Å²) in [4.78, 5) is 39.8. The Kier molecular flexibility index (Phi) is 4.53. The van der Waals surface area contributed by atoms with Crippen LogP contribution in [-0.2, 0) is 19.9 Å². The van der Waals surface area contributed by atoms with Gasteiger partial charge in [0.25, 0.3) is 0 Å².